The molecule has 0 radical (unpaired) electrons. The lowest BCUT2D eigenvalue weighted by Gasteiger charge is -2.11. The second-order valence-corrected chi connectivity index (χ2v) is 5.85. The maximum atomic E-state index is 6.33. The predicted octanol–water partition coefficient (Wildman–Crippen LogP) is 4.94. The molecule has 0 aliphatic heterocycles. The molecule has 20 heavy (non-hydrogen) atoms. The highest BCUT2D eigenvalue weighted by Crippen LogP contribution is 2.29. The monoisotopic (exact) mass is 284 g/mol. The van der Waals surface area contributed by atoms with Crippen molar-refractivity contribution < 1.29 is 0 Å². The first-order valence-electron chi connectivity index (χ1n) is 6.77. The molecule has 0 amide bonds. The third-order valence-electron chi connectivity index (χ3n) is 3.56. The molecule has 0 aliphatic carbocycles. The molecule has 0 spiro atoms. The van der Waals surface area contributed by atoms with Crippen LogP contribution in [0.2, 0.25) is 0 Å². The average Bonchev–Trinajstić information content (AvgIpc) is 2.81. The largest absolute Gasteiger partial charge is 0.295 e. The Bertz CT molecular complexity index is 755. The van der Waals surface area contributed by atoms with E-state index in [1.807, 2.05) is 6.92 Å². The van der Waals surface area contributed by atoms with Crippen molar-refractivity contribution in [2.75, 3.05) is 0 Å². The topological polar surface area (TPSA) is 17.8 Å². The maximum Gasteiger partial charge on any atom is 0.132 e. The van der Waals surface area contributed by atoms with Crippen molar-refractivity contribution in [1.82, 2.24) is 9.55 Å². The fourth-order valence-corrected chi connectivity index (χ4v) is 2.64. The predicted molar refractivity (Wildman–Crippen MR) is 84.8 cm³/mol. The molecule has 1 unspecified atom stereocenters. The minimum Gasteiger partial charge on any atom is -0.295 e. The van der Waals surface area contributed by atoms with Crippen LogP contribution in [0.5, 0.6) is 0 Å². The quantitative estimate of drug-likeness (QED) is 0.609. The van der Waals surface area contributed by atoms with Gasteiger partial charge in [-0.3, -0.25) is 4.57 Å². The Kier molecular flexibility index (Phi) is 3.27. The van der Waals surface area contributed by atoms with Crippen molar-refractivity contribution >= 4 is 22.6 Å². The van der Waals surface area contributed by atoms with Crippen molar-refractivity contribution in [1.29, 1.82) is 0 Å². The number of benzene rings is 2. The Morgan fingerprint density at radius 3 is 2.40 bits per heavy atom. The van der Waals surface area contributed by atoms with E-state index in [1.165, 1.54) is 11.1 Å². The van der Waals surface area contributed by atoms with Gasteiger partial charge in [-0.25, -0.2) is 4.98 Å². The number of hydrogen-bond donors (Lipinski definition) is 0. The fraction of sp³-hybridized carbons (Fsp3) is 0.235. The van der Waals surface area contributed by atoms with Gasteiger partial charge in [0.1, 0.15) is 5.82 Å². The molecule has 0 N–H and O–H groups in total. The van der Waals surface area contributed by atoms with Crippen LogP contribution in [0.3, 0.4) is 0 Å². The van der Waals surface area contributed by atoms with Crippen LogP contribution in [-0.4, -0.2) is 9.55 Å². The number of alkyl halides is 1. The van der Waals surface area contributed by atoms with Crippen molar-refractivity contribution in [3.05, 3.63) is 59.4 Å². The Morgan fingerprint density at radius 1 is 1.05 bits per heavy atom. The van der Waals surface area contributed by atoms with Crippen molar-refractivity contribution in [2.45, 2.75) is 26.1 Å². The summed E-state index contributed by atoms with van der Waals surface area (Å²) < 4.78 is 2.15. The summed E-state index contributed by atoms with van der Waals surface area (Å²) in [5, 5.41) is -0.136. The molecule has 2 nitrogen and oxygen atoms in total. The third-order valence-corrected chi connectivity index (χ3v) is 3.76. The van der Waals surface area contributed by atoms with E-state index in [1.54, 1.807) is 0 Å². The van der Waals surface area contributed by atoms with Gasteiger partial charge < -0.3 is 0 Å². The highest BCUT2D eigenvalue weighted by molar-refractivity contribution is 6.20. The van der Waals surface area contributed by atoms with E-state index < -0.39 is 0 Å². The fourth-order valence-electron chi connectivity index (χ4n) is 2.49. The average molecular weight is 285 g/mol. The number of fused-ring (bicyclic) bond motifs is 1. The van der Waals surface area contributed by atoms with Gasteiger partial charge in [0.05, 0.1) is 16.4 Å². The van der Waals surface area contributed by atoms with Gasteiger partial charge in [0.2, 0.25) is 0 Å². The number of nitrogens with zero attached hydrogens (tertiary/aromatic N) is 2. The highest BCUT2D eigenvalue weighted by Gasteiger charge is 2.17. The molecule has 3 heteroatoms. The summed E-state index contributed by atoms with van der Waals surface area (Å²) in [5.74, 6) is 0.889. The second kappa shape index (κ2) is 4.95. The number of rotatable bonds is 2. The number of aromatic nitrogens is 2. The summed E-state index contributed by atoms with van der Waals surface area (Å²) in [6.45, 7) is 6.13. The lowest BCUT2D eigenvalue weighted by Crippen LogP contribution is -2.01. The van der Waals surface area contributed by atoms with E-state index in [9.17, 15) is 0 Å². The maximum absolute atomic E-state index is 6.33. The van der Waals surface area contributed by atoms with Crippen molar-refractivity contribution in [3.63, 3.8) is 0 Å². The molecule has 0 saturated carbocycles. The standard InChI is InChI=1S/C17H17ClN2/c1-11-7-9-14(10-8-11)20-15-6-4-5-12(2)16(15)19-17(20)13(3)18/h4-10,13H,1-3H3. The number of imidazole rings is 1. The lowest BCUT2D eigenvalue weighted by atomic mass is 10.2. The SMILES string of the molecule is Cc1ccc(-n2c(C(C)Cl)nc3c(C)cccc32)cc1. The Morgan fingerprint density at radius 2 is 1.75 bits per heavy atom. The molecule has 0 saturated heterocycles. The highest BCUT2D eigenvalue weighted by atomic mass is 35.5. The summed E-state index contributed by atoms with van der Waals surface area (Å²) in [4.78, 5) is 4.74. The van der Waals surface area contributed by atoms with Gasteiger partial charge in [-0.2, -0.15) is 0 Å². The second-order valence-electron chi connectivity index (χ2n) is 5.20. The molecule has 0 fully saturated rings. The molecule has 1 aromatic heterocycles. The van der Waals surface area contributed by atoms with E-state index in [2.05, 4.69) is 60.9 Å². The Labute approximate surface area is 124 Å². The van der Waals surface area contributed by atoms with Crippen LogP contribution in [0.1, 0.15) is 29.3 Å². The van der Waals surface area contributed by atoms with Crippen LogP contribution in [0.25, 0.3) is 16.7 Å². The Hall–Kier alpha value is -1.80. The summed E-state index contributed by atoms with van der Waals surface area (Å²) in [6.07, 6.45) is 0. The van der Waals surface area contributed by atoms with Crippen molar-refractivity contribution in [2.24, 2.45) is 0 Å². The minimum absolute atomic E-state index is 0.136. The molecular weight excluding hydrogens is 268 g/mol. The first-order valence-corrected chi connectivity index (χ1v) is 7.20. The minimum atomic E-state index is -0.136. The van der Waals surface area contributed by atoms with Gasteiger partial charge in [-0.15, -0.1) is 11.6 Å². The molecule has 3 rings (SSSR count). The number of para-hydroxylation sites is 1. The van der Waals surface area contributed by atoms with Gasteiger partial charge in [-0.1, -0.05) is 29.8 Å². The lowest BCUT2D eigenvalue weighted by molar-refractivity contribution is 0.882. The van der Waals surface area contributed by atoms with E-state index in [-0.39, 0.29) is 5.38 Å². The van der Waals surface area contributed by atoms with Crippen LogP contribution < -0.4 is 0 Å². The van der Waals surface area contributed by atoms with Gasteiger partial charge in [0, 0.05) is 5.69 Å². The Balaban J connectivity index is 2.35. The van der Waals surface area contributed by atoms with Crippen LogP contribution >= 0.6 is 11.6 Å². The van der Waals surface area contributed by atoms with Crippen molar-refractivity contribution in [3.8, 4) is 5.69 Å². The zero-order valence-electron chi connectivity index (χ0n) is 11.9. The molecule has 3 aromatic rings. The first-order chi connectivity index (χ1) is 9.58. The zero-order chi connectivity index (χ0) is 14.3. The van der Waals surface area contributed by atoms with Crippen LogP contribution in [0, 0.1) is 13.8 Å². The first kappa shape index (κ1) is 13.2. The van der Waals surface area contributed by atoms with Gasteiger partial charge in [0.25, 0.3) is 0 Å². The summed E-state index contributed by atoms with van der Waals surface area (Å²) in [7, 11) is 0. The van der Waals surface area contributed by atoms with E-state index in [4.69, 9.17) is 16.6 Å². The van der Waals surface area contributed by atoms with Gasteiger partial charge in [-0.05, 0) is 44.5 Å². The smallest absolute Gasteiger partial charge is 0.132 e. The van der Waals surface area contributed by atoms with E-state index in [0.29, 0.717) is 0 Å². The van der Waals surface area contributed by atoms with E-state index in [0.717, 1.165) is 22.5 Å². The molecule has 102 valence electrons. The molecule has 2 aromatic carbocycles. The normalized spacial score (nSPS) is 12.8. The molecule has 1 atom stereocenters. The van der Waals surface area contributed by atoms with E-state index >= 15 is 0 Å². The van der Waals surface area contributed by atoms with Crippen LogP contribution in [0.15, 0.2) is 42.5 Å². The van der Waals surface area contributed by atoms with Crippen LogP contribution in [-0.2, 0) is 0 Å². The molecular formula is C17H17ClN2. The van der Waals surface area contributed by atoms with Gasteiger partial charge >= 0.3 is 0 Å². The number of hydrogen-bond acceptors (Lipinski definition) is 1. The molecule has 1 heterocycles. The summed E-state index contributed by atoms with van der Waals surface area (Å²) in [5.41, 5.74) is 5.65. The molecule has 0 bridgehead atoms. The molecule has 0 aliphatic rings. The summed E-state index contributed by atoms with van der Waals surface area (Å²) in [6, 6.07) is 14.7. The van der Waals surface area contributed by atoms with Crippen LogP contribution in [0.4, 0.5) is 0 Å². The third kappa shape index (κ3) is 2.10. The number of halogens is 1. The zero-order valence-corrected chi connectivity index (χ0v) is 12.6. The number of aryl methyl sites for hydroxylation is 2. The summed E-state index contributed by atoms with van der Waals surface area (Å²) >= 11 is 6.33. The van der Waals surface area contributed by atoms with Gasteiger partial charge in [0.15, 0.2) is 0 Å².